The zero-order chi connectivity index (χ0) is 11.8. The van der Waals surface area contributed by atoms with Crippen LogP contribution in [0.5, 0.6) is 0 Å². The molecular formula is C14H21NO. The Kier molecular flexibility index (Phi) is 3.04. The monoisotopic (exact) mass is 219 g/mol. The van der Waals surface area contributed by atoms with Crippen molar-refractivity contribution in [2.45, 2.75) is 38.8 Å². The summed E-state index contributed by atoms with van der Waals surface area (Å²) in [5.74, 6) is 0.233. The highest BCUT2D eigenvalue weighted by molar-refractivity contribution is 5.34. The van der Waals surface area contributed by atoms with Crippen molar-refractivity contribution in [2.75, 3.05) is 6.54 Å². The lowest BCUT2D eigenvalue weighted by molar-refractivity contribution is -0.0255. The van der Waals surface area contributed by atoms with Crippen LogP contribution < -0.4 is 5.32 Å². The van der Waals surface area contributed by atoms with Gasteiger partial charge in [-0.3, -0.25) is 0 Å². The lowest BCUT2D eigenvalue weighted by Crippen LogP contribution is -2.48. The molecule has 2 N–H and O–H groups in total. The molecule has 0 radical (unpaired) electrons. The molecule has 0 spiro atoms. The zero-order valence-corrected chi connectivity index (χ0v) is 10.3. The Balaban J connectivity index is 2.39. The minimum absolute atomic E-state index is 0.0532. The van der Waals surface area contributed by atoms with Gasteiger partial charge >= 0.3 is 0 Å². The quantitative estimate of drug-likeness (QED) is 0.800. The number of hydrogen-bond acceptors (Lipinski definition) is 2. The molecule has 2 rings (SSSR count). The largest absolute Gasteiger partial charge is 0.388 e. The summed E-state index contributed by atoms with van der Waals surface area (Å²) in [5, 5.41) is 14.0. The fourth-order valence-electron chi connectivity index (χ4n) is 2.36. The van der Waals surface area contributed by atoms with E-state index in [1.807, 2.05) is 6.92 Å². The van der Waals surface area contributed by atoms with E-state index in [1.165, 1.54) is 11.1 Å². The van der Waals surface area contributed by atoms with Crippen LogP contribution in [0.4, 0.5) is 0 Å². The maximum Gasteiger partial charge on any atom is 0.0836 e. The highest BCUT2D eigenvalue weighted by atomic mass is 16.3. The van der Waals surface area contributed by atoms with E-state index in [1.54, 1.807) is 0 Å². The van der Waals surface area contributed by atoms with Crippen LogP contribution >= 0.6 is 0 Å². The molecule has 0 fully saturated rings. The summed E-state index contributed by atoms with van der Waals surface area (Å²) in [5.41, 5.74) is 1.93. The van der Waals surface area contributed by atoms with Crippen LogP contribution in [-0.4, -0.2) is 17.3 Å². The molecule has 0 saturated carbocycles. The van der Waals surface area contributed by atoms with E-state index in [0.717, 1.165) is 13.0 Å². The SMILES string of the molecule is CC(C)C(C)(O)C1NCCc2ccccc21. The third-order valence-electron chi connectivity index (χ3n) is 3.86. The van der Waals surface area contributed by atoms with Gasteiger partial charge in [-0.25, -0.2) is 0 Å². The van der Waals surface area contributed by atoms with Gasteiger partial charge < -0.3 is 10.4 Å². The molecule has 2 atom stereocenters. The summed E-state index contributed by atoms with van der Waals surface area (Å²) in [6, 6.07) is 8.47. The Bertz CT molecular complexity index is 371. The number of fused-ring (bicyclic) bond motifs is 1. The van der Waals surface area contributed by atoms with Crippen LogP contribution in [-0.2, 0) is 6.42 Å². The van der Waals surface area contributed by atoms with Crippen molar-refractivity contribution in [1.82, 2.24) is 5.32 Å². The summed E-state index contributed by atoms with van der Waals surface area (Å²) >= 11 is 0. The minimum Gasteiger partial charge on any atom is -0.388 e. The molecule has 2 nitrogen and oxygen atoms in total. The van der Waals surface area contributed by atoms with Gasteiger partial charge in [0.05, 0.1) is 11.6 Å². The van der Waals surface area contributed by atoms with Crippen LogP contribution in [0, 0.1) is 5.92 Å². The lowest BCUT2D eigenvalue weighted by Gasteiger charge is -2.40. The van der Waals surface area contributed by atoms with Gasteiger partial charge in [0.15, 0.2) is 0 Å². The molecule has 0 aliphatic carbocycles. The van der Waals surface area contributed by atoms with Gasteiger partial charge in [0, 0.05) is 0 Å². The summed E-state index contributed by atoms with van der Waals surface area (Å²) in [6.45, 7) is 7.01. The van der Waals surface area contributed by atoms with Crippen molar-refractivity contribution in [2.24, 2.45) is 5.92 Å². The fraction of sp³-hybridized carbons (Fsp3) is 0.571. The first-order valence-electron chi connectivity index (χ1n) is 6.07. The van der Waals surface area contributed by atoms with E-state index >= 15 is 0 Å². The standard InChI is InChI=1S/C14H21NO/c1-10(2)14(3,16)13-12-7-5-4-6-11(12)8-9-15-13/h4-7,10,13,15-16H,8-9H2,1-3H3. The number of nitrogens with one attached hydrogen (secondary N) is 1. The summed E-state index contributed by atoms with van der Waals surface area (Å²) in [4.78, 5) is 0. The molecule has 0 amide bonds. The van der Waals surface area contributed by atoms with Gasteiger partial charge in [-0.15, -0.1) is 0 Å². The van der Waals surface area contributed by atoms with Gasteiger partial charge in [-0.2, -0.15) is 0 Å². The van der Waals surface area contributed by atoms with E-state index in [-0.39, 0.29) is 12.0 Å². The second-order valence-electron chi connectivity index (χ2n) is 5.22. The minimum atomic E-state index is -0.698. The van der Waals surface area contributed by atoms with Crippen LogP contribution in [0.15, 0.2) is 24.3 Å². The highest BCUT2D eigenvalue weighted by Gasteiger charge is 2.38. The average molecular weight is 219 g/mol. The summed E-state index contributed by atoms with van der Waals surface area (Å²) < 4.78 is 0. The Morgan fingerprint density at radius 2 is 2.06 bits per heavy atom. The first-order chi connectivity index (χ1) is 7.53. The second kappa shape index (κ2) is 4.19. The molecule has 0 bridgehead atoms. The van der Waals surface area contributed by atoms with Crippen molar-refractivity contribution in [3.05, 3.63) is 35.4 Å². The van der Waals surface area contributed by atoms with E-state index in [9.17, 15) is 5.11 Å². The maximum absolute atomic E-state index is 10.6. The van der Waals surface area contributed by atoms with E-state index in [4.69, 9.17) is 0 Å². The van der Waals surface area contributed by atoms with E-state index in [0.29, 0.717) is 0 Å². The van der Waals surface area contributed by atoms with Crippen molar-refractivity contribution < 1.29 is 5.11 Å². The highest BCUT2D eigenvalue weighted by Crippen LogP contribution is 2.35. The normalized spacial score (nSPS) is 23.9. The summed E-state index contributed by atoms with van der Waals surface area (Å²) in [6.07, 6.45) is 1.06. The molecule has 1 aromatic carbocycles. The zero-order valence-electron chi connectivity index (χ0n) is 10.3. The van der Waals surface area contributed by atoms with Crippen molar-refractivity contribution in [3.63, 3.8) is 0 Å². The Hall–Kier alpha value is -0.860. The molecule has 1 aromatic rings. The Morgan fingerprint density at radius 3 is 2.75 bits per heavy atom. The predicted octanol–water partition coefficient (Wildman–Crippen LogP) is 2.28. The van der Waals surface area contributed by atoms with Crippen molar-refractivity contribution in [3.8, 4) is 0 Å². The number of rotatable bonds is 2. The summed E-state index contributed by atoms with van der Waals surface area (Å²) in [7, 11) is 0. The molecule has 1 heterocycles. The first kappa shape index (κ1) is 11.6. The van der Waals surface area contributed by atoms with E-state index < -0.39 is 5.60 Å². The molecule has 2 heteroatoms. The van der Waals surface area contributed by atoms with Crippen molar-refractivity contribution in [1.29, 1.82) is 0 Å². The van der Waals surface area contributed by atoms with Crippen LogP contribution in [0.25, 0.3) is 0 Å². The van der Waals surface area contributed by atoms with Gasteiger partial charge in [0.1, 0.15) is 0 Å². The van der Waals surface area contributed by atoms with E-state index in [2.05, 4.69) is 43.4 Å². The molecule has 0 saturated heterocycles. The van der Waals surface area contributed by atoms with Gasteiger partial charge in [-0.05, 0) is 36.9 Å². The molecule has 0 aromatic heterocycles. The average Bonchev–Trinajstić information content (AvgIpc) is 2.28. The molecular weight excluding hydrogens is 198 g/mol. The molecule has 2 unspecified atom stereocenters. The van der Waals surface area contributed by atoms with Gasteiger partial charge in [0.2, 0.25) is 0 Å². The molecule has 16 heavy (non-hydrogen) atoms. The third kappa shape index (κ3) is 1.87. The number of hydrogen-bond donors (Lipinski definition) is 2. The second-order valence-corrected chi connectivity index (χ2v) is 5.22. The van der Waals surface area contributed by atoms with Crippen molar-refractivity contribution >= 4 is 0 Å². The molecule has 1 aliphatic heterocycles. The topological polar surface area (TPSA) is 32.3 Å². The fourth-order valence-corrected chi connectivity index (χ4v) is 2.36. The Labute approximate surface area is 97.7 Å². The van der Waals surface area contributed by atoms with Gasteiger partial charge in [0.25, 0.3) is 0 Å². The third-order valence-corrected chi connectivity index (χ3v) is 3.86. The van der Waals surface area contributed by atoms with Gasteiger partial charge in [-0.1, -0.05) is 38.1 Å². The van der Waals surface area contributed by atoms with Crippen LogP contribution in [0.1, 0.15) is 37.9 Å². The number of benzene rings is 1. The lowest BCUT2D eigenvalue weighted by atomic mass is 9.78. The van der Waals surface area contributed by atoms with Crippen LogP contribution in [0.2, 0.25) is 0 Å². The Morgan fingerprint density at radius 1 is 1.38 bits per heavy atom. The molecule has 88 valence electrons. The maximum atomic E-state index is 10.6. The van der Waals surface area contributed by atoms with Crippen LogP contribution in [0.3, 0.4) is 0 Å². The predicted molar refractivity (Wildman–Crippen MR) is 66.4 cm³/mol. The molecule has 1 aliphatic rings. The first-order valence-corrected chi connectivity index (χ1v) is 6.07. The smallest absolute Gasteiger partial charge is 0.0836 e. The number of aliphatic hydroxyl groups is 1.